The van der Waals surface area contributed by atoms with Gasteiger partial charge in [-0.15, -0.1) is 0 Å². The van der Waals surface area contributed by atoms with Crippen LogP contribution in [0.4, 0.5) is 5.69 Å². The topological polar surface area (TPSA) is 91.4 Å². The van der Waals surface area contributed by atoms with E-state index in [2.05, 4.69) is 0 Å². The fraction of sp³-hybridized carbons (Fsp3) is 0.583. The van der Waals surface area contributed by atoms with E-state index in [4.69, 9.17) is 10.5 Å². The molecule has 0 aliphatic heterocycles. The van der Waals surface area contributed by atoms with Crippen molar-refractivity contribution in [2.45, 2.75) is 26.3 Å². The first-order valence-electron chi connectivity index (χ1n) is 6.14. The zero-order chi connectivity index (χ0) is 14.5. The van der Waals surface area contributed by atoms with Crippen molar-refractivity contribution in [3.63, 3.8) is 0 Å². The lowest BCUT2D eigenvalue weighted by Crippen LogP contribution is -2.14. The van der Waals surface area contributed by atoms with Crippen molar-refractivity contribution in [3.8, 4) is 0 Å². The van der Waals surface area contributed by atoms with Gasteiger partial charge in [0.2, 0.25) is 0 Å². The molecule has 0 bridgehead atoms. The van der Waals surface area contributed by atoms with E-state index < -0.39 is 15.8 Å². The lowest BCUT2D eigenvalue weighted by molar-refractivity contribution is 0.0493. The molecule has 0 saturated carbocycles. The molecular formula is C12H20N2O4S. The second-order valence-electron chi connectivity index (χ2n) is 4.47. The molecule has 1 rings (SSSR count). The number of carbonyl (C=O) groups excluding carboxylic acids is 1. The van der Waals surface area contributed by atoms with Crippen molar-refractivity contribution in [1.29, 1.82) is 0 Å². The molecular weight excluding hydrogens is 268 g/mol. The minimum atomic E-state index is -3.02. The summed E-state index contributed by atoms with van der Waals surface area (Å²) in [5, 5.41) is 0. The molecule has 1 heterocycles. The van der Waals surface area contributed by atoms with Gasteiger partial charge < -0.3 is 15.0 Å². The number of sulfone groups is 1. The predicted octanol–water partition coefficient (Wildman–Crippen LogP) is 1.07. The number of anilines is 1. The number of esters is 1. The number of carbonyl (C=O) groups is 1. The van der Waals surface area contributed by atoms with Crippen LogP contribution in [0.5, 0.6) is 0 Å². The molecule has 6 nitrogen and oxygen atoms in total. The van der Waals surface area contributed by atoms with Crippen molar-refractivity contribution >= 4 is 21.5 Å². The molecule has 0 radical (unpaired) electrons. The van der Waals surface area contributed by atoms with E-state index >= 15 is 0 Å². The number of nitrogens with zero attached hydrogens (tertiary/aromatic N) is 1. The normalized spacial score (nSPS) is 11.5. The molecule has 7 heteroatoms. The van der Waals surface area contributed by atoms with Crippen LogP contribution >= 0.6 is 0 Å². The van der Waals surface area contributed by atoms with Crippen LogP contribution in [0.15, 0.2) is 12.3 Å². The summed E-state index contributed by atoms with van der Waals surface area (Å²) in [5.74, 6) is -0.461. The molecule has 0 spiro atoms. The average molecular weight is 288 g/mol. The van der Waals surface area contributed by atoms with Gasteiger partial charge in [-0.05, 0) is 18.9 Å². The van der Waals surface area contributed by atoms with E-state index in [1.54, 1.807) is 16.8 Å². The molecule has 0 saturated heterocycles. The fourth-order valence-electron chi connectivity index (χ4n) is 1.69. The van der Waals surface area contributed by atoms with E-state index in [0.29, 0.717) is 24.3 Å². The van der Waals surface area contributed by atoms with Gasteiger partial charge in [-0.3, -0.25) is 0 Å². The van der Waals surface area contributed by atoms with Gasteiger partial charge in [0.15, 0.2) is 0 Å². The number of hydrogen-bond donors (Lipinski definition) is 1. The van der Waals surface area contributed by atoms with Crippen LogP contribution in [0.25, 0.3) is 0 Å². The summed E-state index contributed by atoms with van der Waals surface area (Å²) in [5.41, 5.74) is 6.56. The maximum atomic E-state index is 11.8. The molecule has 0 aliphatic carbocycles. The van der Waals surface area contributed by atoms with Crippen LogP contribution < -0.4 is 5.73 Å². The Bertz CT molecular complexity index is 534. The first kappa shape index (κ1) is 15.6. The summed E-state index contributed by atoms with van der Waals surface area (Å²) < 4.78 is 28.6. The van der Waals surface area contributed by atoms with E-state index in [1.807, 2.05) is 6.92 Å². The summed E-state index contributed by atoms with van der Waals surface area (Å²) in [6.45, 7) is 2.77. The van der Waals surface area contributed by atoms with E-state index in [9.17, 15) is 13.2 Å². The Kier molecular flexibility index (Phi) is 5.41. The van der Waals surface area contributed by atoms with Crippen molar-refractivity contribution in [2.75, 3.05) is 24.3 Å². The van der Waals surface area contributed by atoms with Gasteiger partial charge in [0.05, 0.1) is 18.0 Å². The van der Waals surface area contributed by atoms with Crippen molar-refractivity contribution < 1.29 is 17.9 Å². The zero-order valence-corrected chi connectivity index (χ0v) is 12.1. The van der Waals surface area contributed by atoms with Gasteiger partial charge in [0, 0.05) is 19.0 Å². The van der Waals surface area contributed by atoms with Crippen molar-refractivity contribution in [3.05, 3.63) is 18.0 Å². The van der Waals surface area contributed by atoms with Gasteiger partial charge >= 0.3 is 5.97 Å². The second-order valence-corrected chi connectivity index (χ2v) is 6.73. The van der Waals surface area contributed by atoms with Crippen LogP contribution in [0.3, 0.4) is 0 Å². The Labute approximate surface area is 113 Å². The highest BCUT2D eigenvalue weighted by atomic mass is 32.2. The minimum absolute atomic E-state index is 0.0123. The summed E-state index contributed by atoms with van der Waals surface area (Å²) in [6, 6.07) is 1.56. The van der Waals surface area contributed by atoms with Crippen LogP contribution in [0.1, 0.15) is 30.3 Å². The summed E-state index contributed by atoms with van der Waals surface area (Å²) >= 11 is 0. The number of aryl methyl sites for hydroxylation is 1. The summed E-state index contributed by atoms with van der Waals surface area (Å²) in [7, 11) is -3.02. The standard InChI is InChI=1S/C12H20N2O4S/c1-3-5-14-9-10(13)8-11(14)12(15)18-6-4-7-19(2,16)17/h8-9H,3-7,13H2,1-2H3. The highest BCUT2D eigenvalue weighted by Gasteiger charge is 2.14. The monoisotopic (exact) mass is 288 g/mol. The Morgan fingerprint density at radius 3 is 2.74 bits per heavy atom. The van der Waals surface area contributed by atoms with Crippen LogP contribution in [-0.2, 0) is 21.1 Å². The number of nitrogens with two attached hydrogens (primary N) is 1. The van der Waals surface area contributed by atoms with E-state index in [1.165, 1.54) is 0 Å². The van der Waals surface area contributed by atoms with E-state index in [0.717, 1.165) is 12.7 Å². The van der Waals surface area contributed by atoms with Crippen LogP contribution in [0.2, 0.25) is 0 Å². The van der Waals surface area contributed by atoms with Gasteiger partial charge in [-0.25, -0.2) is 13.2 Å². The Balaban J connectivity index is 2.54. The average Bonchev–Trinajstić information content (AvgIpc) is 2.65. The molecule has 1 aromatic rings. The smallest absolute Gasteiger partial charge is 0.355 e. The van der Waals surface area contributed by atoms with Gasteiger partial charge in [0.1, 0.15) is 15.5 Å². The van der Waals surface area contributed by atoms with E-state index in [-0.39, 0.29) is 12.4 Å². The molecule has 0 unspecified atom stereocenters. The largest absolute Gasteiger partial charge is 0.461 e. The second kappa shape index (κ2) is 6.60. The molecule has 108 valence electrons. The fourth-order valence-corrected chi connectivity index (χ4v) is 2.33. The molecule has 0 atom stereocenters. The summed E-state index contributed by atoms with van der Waals surface area (Å²) in [4.78, 5) is 11.8. The van der Waals surface area contributed by atoms with Crippen molar-refractivity contribution in [2.24, 2.45) is 0 Å². The first-order valence-corrected chi connectivity index (χ1v) is 8.20. The molecule has 0 amide bonds. The highest BCUT2D eigenvalue weighted by molar-refractivity contribution is 7.90. The Morgan fingerprint density at radius 1 is 1.47 bits per heavy atom. The Morgan fingerprint density at radius 2 is 2.16 bits per heavy atom. The molecule has 1 aromatic heterocycles. The SMILES string of the molecule is CCCn1cc(N)cc1C(=O)OCCCS(C)(=O)=O. The third-order valence-electron chi connectivity index (χ3n) is 2.48. The van der Waals surface area contributed by atoms with Gasteiger partial charge in [0.25, 0.3) is 0 Å². The third kappa shape index (κ3) is 5.34. The molecule has 0 aromatic carbocycles. The number of rotatable bonds is 7. The number of nitrogen functional groups attached to an aromatic ring is 1. The van der Waals surface area contributed by atoms with Gasteiger partial charge in [-0.1, -0.05) is 6.92 Å². The first-order chi connectivity index (χ1) is 8.83. The van der Waals surface area contributed by atoms with Crippen LogP contribution in [0, 0.1) is 0 Å². The molecule has 19 heavy (non-hydrogen) atoms. The number of hydrogen-bond acceptors (Lipinski definition) is 5. The van der Waals surface area contributed by atoms with Crippen LogP contribution in [-0.4, -0.2) is 37.6 Å². The molecule has 0 fully saturated rings. The molecule has 0 aliphatic rings. The lowest BCUT2D eigenvalue weighted by Gasteiger charge is -2.07. The van der Waals surface area contributed by atoms with Crippen molar-refractivity contribution in [1.82, 2.24) is 4.57 Å². The zero-order valence-electron chi connectivity index (χ0n) is 11.3. The number of aromatic nitrogens is 1. The highest BCUT2D eigenvalue weighted by Crippen LogP contribution is 2.12. The maximum Gasteiger partial charge on any atom is 0.355 e. The maximum absolute atomic E-state index is 11.8. The molecule has 2 N–H and O–H groups in total. The predicted molar refractivity (Wildman–Crippen MR) is 73.7 cm³/mol. The summed E-state index contributed by atoms with van der Waals surface area (Å²) in [6.07, 6.45) is 4.02. The lowest BCUT2D eigenvalue weighted by atomic mass is 10.4. The quantitative estimate of drug-likeness (QED) is 0.598. The number of ether oxygens (including phenoxy) is 1. The third-order valence-corrected chi connectivity index (χ3v) is 3.51. The Hall–Kier alpha value is -1.50. The minimum Gasteiger partial charge on any atom is -0.461 e. The van der Waals surface area contributed by atoms with Gasteiger partial charge in [-0.2, -0.15) is 0 Å².